The molecule has 0 aliphatic carbocycles. The summed E-state index contributed by atoms with van der Waals surface area (Å²) in [6.45, 7) is 4.13. The standard InChI is InChI=1S/C16H18BrNO/c1-2-10-18-12-13-6-8-15(9-7-13)19-16-5-3-4-14(17)11-16/h3-9,11,18H,2,10,12H2,1H3. The van der Waals surface area contributed by atoms with Crippen LogP contribution in [0.3, 0.4) is 0 Å². The first kappa shape index (κ1) is 14.1. The molecule has 0 saturated carbocycles. The molecular weight excluding hydrogens is 302 g/mol. The normalized spacial score (nSPS) is 10.4. The van der Waals surface area contributed by atoms with Crippen molar-refractivity contribution in [2.24, 2.45) is 0 Å². The number of hydrogen-bond acceptors (Lipinski definition) is 2. The van der Waals surface area contributed by atoms with Gasteiger partial charge in [0.1, 0.15) is 11.5 Å². The lowest BCUT2D eigenvalue weighted by atomic mass is 10.2. The summed E-state index contributed by atoms with van der Waals surface area (Å²) in [5.41, 5.74) is 1.27. The Morgan fingerprint density at radius 2 is 1.84 bits per heavy atom. The van der Waals surface area contributed by atoms with Crippen molar-refractivity contribution >= 4 is 15.9 Å². The SMILES string of the molecule is CCCNCc1ccc(Oc2cccc(Br)c2)cc1. The quantitative estimate of drug-likeness (QED) is 0.776. The number of benzene rings is 2. The van der Waals surface area contributed by atoms with Crippen LogP contribution in [0.1, 0.15) is 18.9 Å². The van der Waals surface area contributed by atoms with Gasteiger partial charge in [-0.05, 0) is 48.9 Å². The summed E-state index contributed by atoms with van der Waals surface area (Å²) in [7, 11) is 0. The fourth-order valence-electron chi connectivity index (χ4n) is 1.75. The second kappa shape index (κ2) is 7.31. The second-order valence-electron chi connectivity index (χ2n) is 4.38. The van der Waals surface area contributed by atoms with Gasteiger partial charge in [-0.15, -0.1) is 0 Å². The van der Waals surface area contributed by atoms with Gasteiger partial charge < -0.3 is 10.1 Å². The summed E-state index contributed by atoms with van der Waals surface area (Å²) >= 11 is 3.43. The van der Waals surface area contributed by atoms with E-state index >= 15 is 0 Å². The monoisotopic (exact) mass is 319 g/mol. The highest BCUT2D eigenvalue weighted by molar-refractivity contribution is 9.10. The fraction of sp³-hybridized carbons (Fsp3) is 0.250. The molecular formula is C16H18BrNO. The minimum atomic E-state index is 0.839. The summed E-state index contributed by atoms with van der Waals surface area (Å²) < 4.78 is 6.81. The molecule has 0 aliphatic heterocycles. The Hall–Kier alpha value is -1.32. The molecule has 2 aromatic rings. The summed E-state index contributed by atoms with van der Waals surface area (Å²) in [4.78, 5) is 0. The first-order valence-corrected chi connectivity index (χ1v) is 7.30. The van der Waals surface area contributed by atoms with Gasteiger partial charge in [0.05, 0.1) is 0 Å². The van der Waals surface area contributed by atoms with Crippen molar-refractivity contribution in [2.45, 2.75) is 19.9 Å². The highest BCUT2D eigenvalue weighted by Crippen LogP contribution is 2.24. The molecule has 0 radical (unpaired) electrons. The van der Waals surface area contributed by atoms with Crippen LogP contribution < -0.4 is 10.1 Å². The Morgan fingerprint density at radius 1 is 1.05 bits per heavy atom. The molecule has 1 N–H and O–H groups in total. The maximum Gasteiger partial charge on any atom is 0.128 e. The molecule has 0 unspecified atom stereocenters. The predicted molar refractivity (Wildman–Crippen MR) is 82.7 cm³/mol. The van der Waals surface area contributed by atoms with Gasteiger partial charge in [0, 0.05) is 11.0 Å². The average Bonchev–Trinajstić information content (AvgIpc) is 2.41. The molecule has 2 aromatic carbocycles. The highest BCUT2D eigenvalue weighted by Gasteiger charge is 1.98. The lowest BCUT2D eigenvalue weighted by Crippen LogP contribution is -2.13. The Morgan fingerprint density at radius 3 is 2.53 bits per heavy atom. The van der Waals surface area contributed by atoms with Gasteiger partial charge >= 0.3 is 0 Å². The fourth-order valence-corrected chi connectivity index (χ4v) is 2.13. The van der Waals surface area contributed by atoms with Crippen LogP contribution >= 0.6 is 15.9 Å². The van der Waals surface area contributed by atoms with E-state index in [1.165, 1.54) is 5.56 Å². The van der Waals surface area contributed by atoms with Gasteiger partial charge in [0.15, 0.2) is 0 Å². The van der Waals surface area contributed by atoms with Crippen molar-refractivity contribution in [1.29, 1.82) is 0 Å². The largest absolute Gasteiger partial charge is 0.457 e. The molecule has 3 heteroatoms. The highest BCUT2D eigenvalue weighted by atomic mass is 79.9. The van der Waals surface area contributed by atoms with Crippen molar-refractivity contribution in [3.63, 3.8) is 0 Å². The van der Waals surface area contributed by atoms with E-state index in [1.54, 1.807) is 0 Å². The lowest BCUT2D eigenvalue weighted by Gasteiger charge is -2.07. The van der Waals surface area contributed by atoms with E-state index in [0.717, 1.165) is 35.5 Å². The van der Waals surface area contributed by atoms with Gasteiger partial charge in [-0.3, -0.25) is 0 Å². The predicted octanol–water partition coefficient (Wildman–Crippen LogP) is 4.74. The number of halogens is 1. The molecule has 2 nitrogen and oxygen atoms in total. The molecule has 0 heterocycles. The molecule has 0 atom stereocenters. The minimum absolute atomic E-state index is 0.839. The zero-order valence-corrected chi connectivity index (χ0v) is 12.6. The minimum Gasteiger partial charge on any atom is -0.457 e. The van der Waals surface area contributed by atoms with Crippen molar-refractivity contribution in [3.05, 3.63) is 58.6 Å². The number of rotatable bonds is 6. The summed E-state index contributed by atoms with van der Waals surface area (Å²) in [6, 6.07) is 16.0. The molecule has 2 rings (SSSR count). The molecule has 19 heavy (non-hydrogen) atoms. The van der Waals surface area contributed by atoms with Gasteiger partial charge in [-0.2, -0.15) is 0 Å². The van der Waals surface area contributed by atoms with Crippen LogP contribution in [0.15, 0.2) is 53.0 Å². The Kier molecular flexibility index (Phi) is 5.43. The maximum atomic E-state index is 5.79. The Labute approximate surface area is 122 Å². The third kappa shape index (κ3) is 4.69. The first-order valence-electron chi connectivity index (χ1n) is 6.51. The van der Waals surface area contributed by atoms with Crippen molar-refractivity contribution in [1.82, 2.24) is 5.32 Å². The van der Waals surface area contributed by atoms with Crippen LogP contribution in [0.2, 0.25) is 0 Å². The molecule has 0 aliphatic rings. The molecule has 100 valence electrons. The van der Waals surface area contributed by atoms with Gasteiger partial charge in [0.2, 0.25) is 0 Å². The summed E-state index contributed by atoms with van der Waals surface area (Å²) in [5, 5.41) is 3.38. The third-order valence-corrected chi connectivity index (χ3v) is 3.20. The second-order valence-corrected chi connectivity index (χ2v) is 5.30. The third-order valence-electron chi connectivity index (χ3n) is 2.71. The summed E-state index contributed by atoms with van der Waals surface area (Å²) in [6.07, 6.45) is 1.16. The Balaban J connectivity index is 1.95. The van der Waals surface area contributed by atoms with Crippen LogP contribution in [-0.2, 0) is 6.54 Å². The number of hydrogen-bond donors (Lipinski definition) is 1. The molecule has 0 saturated heterocycles. The maximum absolute atomic E-state index is 5.79. The molecule has 0 amide bonds. The topological polar surface area (TPSA) is 21.3 Å². The van der Waals surface area contributed by atoms with E-state index in [4.69, 9.17) is 4.74 Å². The number of ether oxygens (including phenoxy) is 1. The van der Waals surface area contributed by atoms with Crippen molar-refractivity contribution < 1.29 is 4.74 Å². The zero-order chi connectivity index (χ0) is 13.5. The van der Waals surface area contributed by atoms with E-state index in [1.807, 2.05) is 36.4 Å². The van der Waals surface area contributed by atoms with E-state index < -0.39 is 0 Å². The first-order chi connectivity index (χ1) is 9.28. The van der Waals surface area contributed by atoms with Gasteiger partial charge in [-0.25, -0.2) is 0 Å². The smallest absolute Gasteiger partial charge is 0.128 e. The van der Waals surface area contributed by atoms with E-state index in [2.05, 4.69) is 40.3 Å². The van der Waals surface area contributed by atoms with Crippen LogP contribution in [0.5, 0.6) is 11.5 Å². The van der Waals surface area contributed by atoms with Crippen LogP contribution in [0.4, 0.5) is 0 Å². The Bertz CT molecular complexity index is 510. The molecule has 0 aromatic heterocycles. The van der Waals surface area contributed by atoms with Gasteiger partial charge in [0.25, 0.3) is 0 Å². The molecule has 0 fully saturated rings. The van der Waals surface area contributed by atoms with E-state index in [0.29, 0.717) is 0 Å². The lowest BCUT2D eigenvalue weighted by molar-refractivity contribution is 0.482. The molecule has 0 spiro atoms. The summed E-state index contributed by atoms with van der Waals surface area (Å²) in [5.74, 6) is 1.70. The van der Waals surface area contributed by atoms with Crippen LogP contribution in [0.25, 0.3) is 0 Å². The van der Waals surface area contributed by atoms with Crippen LogP contribution in [0, 0.1) is 0 Å². The van der Waals surface area contributed by atoms with Crippen LogP contribution in [-0.4, -0.2) is 6.54 Å². The van der Waals surface area contributed by atoms with Crippen molar-refractivity contribution in [2.75, 3.05) is 6.54 Å². The van der Waals surface area contributed by atoms with Gasteiger partial charge in [-0.1, -0.05) is 41.1 Å². The van der Waals surface area contributed by atoms with E-state index in [9.17, 15) is 0 Å². The van der Waals surface area contributed by atoms with Crippen molar-refractivity contribution in [3.8, 4) is 11.5 Å². The average molecular weight is 320 g/mol. The zero-order valence-electron chi connectivity index (χ0n) is 11.0. The molecule has 0 bridgehead atoms. The van der Waals surface area contributed by atoms with E-state index in [-0.39, 0.29) is 0 Å². The number of nitrogens with one attached hydrogen (secondary N) is 1.